The van der Waals surface area contributed by atoms with E-state index in [2.05, 4.69) is 5.32 Å². The fourth-order valence-corrected chi connectivity index (χ4v) is 3.90. The predicted octanol–water partition coefficient (Wildman–Crippen LogP) is 0.959. The first-order valence-electron chi connectivity index (χ1n) is 7.68. The number of hydrogen-bond donors (Lipinski definition) is 1. The monoisotopic (exact) mass is 340 g/mol. The molecule has 0 unspecified atom stereocenters. The van der Waals surface area contributed by atoms with Crippen molar-refractivity contribution in [1.29, 1.82) is 0 Å². The van der Waals surface area contributed by atoms with E-state index < -0.39 is 10.0 Å². The maximum Gasteiger partial charge on any atom is 0.251 e. The summed E-state index contributed by atoms with van der Waals surface area (Å²) in [6.45, 7) is 2.71. The summed E-state index contributed by atoms with van der Waals surface area (Å²) in [4.78, 5) is 12.3. The van der Waals surface area contributed by atoms with E-state index >= 15 is 0 Å². The molecular formula is C15H20N2O5S. The van der Waals surface area contributed by atoms with Crippen LogP contribution in [-0.4, -0.2) is 50.3 Å². The zero-order chi connectivity index (χ0) is 16.4. The van der Waals surface area contributed by atoms with Gasteiger partial charge in [0.1, 0.15) is 0 Å². The highest BCUT2D eigenvalue weighted by atomic mass is 32.2. The first kappa shape index (κ1) is 16.1. The largest absolute Gasteiger partial charge is 0.454 e. The number of piperidine rings is 1. The first-order valence-corrected chi connectivity index (χ1v) is 9.29. The Balaban J connectivity index is 1.57. The van der Waals surface area contributed by atoms with Crippen molar-refractivity contribution >= 4 is 15.9 Å². The highest BCUT2D eigenvalue weighted by molar-refractivity contribution is 7.89. The second-order valence-corrected chi connectivity index (χ2v) is 7.87. The number of ether oxygens (including phenoxy) is 2. The Labute approximate surface area is 135 Å². The molecule has 1 amide bonds. The van der Waals surface area contributed by atoms with E-state index in [0.717, 1.165) is 0 Å². The molecule has 1 aromatic carbocycles. The summed E-state index contributed by atoms with van der Waals surface area (Å²) in [6.07, 6.45) is 1.24. The van der Waals surface area contributed by atoms with Gasteiger partial charge in [-0.05, 0) is 38.0 Å². The van der Waals surface area contributed by atoms with Crippen molar-refractivity contribution in [3.05, 3.63) is 23.8 Å². The number of hydrogen-bond acceptors (Lipinski definition) is 5. The molecule has 8 heteroatoms. The molecule has 2 aliphatic rings. The molecular weight excluding hydrogens is 320 g/mol. The maximum atomic E-state index is 12.3. The van der Waals surface area contributed by atoms with E-state index in [0.29, 0.717) is 43.0 Å². The standard InChI is InChI=1S/C15H20N2O5S/c1-2-23(19,20)17-7-5-12(6-8-17)16-15(18)11-3-4-13-14(9-11)22-10-21-13/h3-4,9,12H,2,5-8,10H2,1H3,(H,16,18). The van der Waals surface area contributed by atoms with Crippen molar-refractivity contribution in [1.82, 2.24) is 9.62 Å². The molecule has 1 fully saturated rings. The third-order valence-electron chi connectivity index (χ3n) is 4.18. The van der Waals surface area contributed by atoms with E-state index in [1.165, 1.54) is 4.31 Å². The molecule has 0 atom stereocenters. The summed E-state index contributed by atoms with van der Waals surface area (Å²) in [5.74, 6) is 1.14. The van der Waals surface area contributed by atoms with Gasteiger partial charge in [-0.2, -0.15) is 0 Å². The minimum absolute atomic E-state index is 0.0174. The molecule has 0 saturated carbocycles. The fraction of sp³-hybridized carbons (Fsp3) is 0.533. The van der Waals surface area contributed by atoms with Crippen molar-refractivity contribution in [2.75, 3.05) is 25.6 Å². The number of carbonyl (C=O) groups excluding carboxylic acids is 1. The number of rotatable bonds is 4. The molecule has 2 heterocycles. The summed E-state index contributed by atoms with van der Waals surface area (Å²) in [5, 5.41) is 2.96. The smallest absolute Gasteiger partial charge is 0.251 e. The molecule has 1 aromatic rings. The Kier molecular flexibility index (Phi) is 4.45. The van der Waals surface area contributed by atoms with E-state index in [1.54, 1.807) is 25.1 Å². The average molecular weight is 340 g/mol. The van der Waals surface area contributed by atoms with Crippen LogP contribution in [0.25, 0.3) is 0 Å². The Morgan fingerprint density at radius 2 is 1.96 bits per heavy atom. The van der Waals surface area contributed by atoms with Gasteiger partial charge in [-0.15, -0.1) is 0 Å². The van der Waals surface area contributed by atoms with Crippen molar-refractivity contribution in [3.8, 4) is 11.5 Å². The number of sulfonamides is 1. The van der Waals surface area contributed by atoms with Gasteiger partial charge in [0.15, 0.2) is 11.5 Å². The van der Waals surface area contributed by atoms with E-state index in [1.807, 2.05) is 0 Å². The zero-order valence-electron chi connectivity index (χ0n) is 12.9. The summed E-state index contributed by atoms with van der Waals surface area (Å²) >= 11 is 0. The Bertz CT molecular complexity index is 696. The lowest BCUT2D eigenvalue weighted by Crippen LogP contribution is -2.46. The third kappa shape index (κ3) is 3.42. The normalized spacial score (nSPS) is 18.8. The van der Waals surface area contributed by atoms with Gasteiger partial charge in [-0.1, -0.05) is 0 Å². The Hall–Kier alpha value is -1.80. The second-order valence-electron chi connectivity index (χ2n) is 5.62. The minimum atomic E-state index is -3.14. The molecule has 3 rings (SSSR count). The van der Waals surface area contributed by atoms with Crippen molar-refractivity contribution in [2.24, 2.45) is 0 Å². The first-order chi connectivity index (χ1) is 11.0. The summed E-state index contributed by atoms with van der Waals surface area (Å²) < 4.78 is 35.6. The van der Waals surface area contributed by atoms with Crippen LogP contribution < -0.4 is 14.8 Å². The number of fused-ring (bicyclic) bond motifs is 1. The molecule has 0 aliphatic carbocycles. The molecule has 0 bridgehead atoms. The molecule has 0 aromatic heterocycles. The van der Waals surface area contributed by atoms with E-state index in [-0.39, 0.29) is 24.5 Å². The maximum absolute atomic E-state index is 12.3. The van der Waals surface area contributed by atoms with Gasteiger partial charge < -0.3 is 14.8 Å². The Morgan fingerprint density at radius 3 is 2.65 bits per heavy atom. The number of amides is 1. The van der Waals surface area contributed by atoms with Gasteiger partial charge in [0, 0.05) is 24.7 Å². The zero-order valence-corrected chi connectivity index (χ0v) is 13.8. The van der Waals surface area contributed by atoms with Crippen LogP contribution in [0.5, 0.6) is 11.5 Å². The van der Waals surface area contributed by atoms with Crippen LogP contribution in [0.1, 0.15) is 30.1 Å². The summed E-state index contributed by atoms with van der Waals surface area (Å²) in [5.41, 5.74) is 0.512. The van der Waals surface area contributed by atoms with Gasteiger partial charge in [0.05, 0.1) is 5.75 Å². The van der Waals surface area contributed by atoms with Crippen molar-refractivity contribution in [3.63, 3.8) is 0 Å². The fourth-order valence-electron chi connectivity index (χ4n) is 2.77. The van der Waals surface area contributed by atoms with Crippen LogP contribution in [0.4, 0.5) is 0 Å². The van der Waals surface area contributed by atoms with Crippen molar-refractivity contribution in [2.45, 2.75) is 25.8 Å². The highest BCUT2D eigenvalue weighted by Crippen LogP contribution is 2.32. The molecule has 7 nitrogen and oxygen atoms in total. The van der Waals surface area contributed by atoms with Crippen LogP contribution in [0.15, 0.2) is 18.2 Å². The minimum Gasteiger partial charge on any atom is -0.454 e. The topological polar surface area (TPSA) is 84.9 Å². The SMILES string of the molecule is CCS(=O)(=O)N1CCC(NC(=O)c2ccc3c(c2)OCO3)CC1. The van der Waals surface area contributed by atoms with Gasteiger partial charge in [-0.3, -0.25) is 4.79 Å². The van der Waals surface area contributed by atoms with Gasteiger partial charge >= 0.3 is 0 Å². The Morgan fingerprint density at radius 1 is 1.26 bits per heavy atom. The second kappa shape index (κ2) is 6.37. The molecule has 0 spiro atoms. The summed E-state index contributed by atoms with van der Waals surface area (Å²) in [6, 6.07) is 5.05. The van der Waals surface area contributed by atoms with Crippen LogP contribution in [0, 0.1) is 0 Å². The molecule has 23 heavy (non-hydrogen) atoms. The van der Waals surface area contributed by atoms with E-state index in [9.17, 15) is 13.2 Å². The third-order valence-corrected chi connectivity index (χ3v) is 6.06. The van der Waals surface area contributed by atoms with Gasteiger partial charge in [0.25, 0.3) is 5.91 Å². The molecule has 1 N–H and O–H groups in total. The summed E-state index contributed by atoms with van der Waals surface area (Å²) in [7, 11) is -3.14. The lowest BCUT2D eigenvalue weighted by molar-refractivity contribution is 0.0923. The van der Waals surface area contributed by atoms with E-state index in [4.69, 9.17) is 9.47 Å². The number of carbonyl (C=O) groups is 1. The van der Waals surface area contributed by atoms with Crippen LogP contribution in [0.2, 0.25) is 0 Å². The number of benzene rings is 1. The van der Waals surface area contributed by atoms with Crippen LogP contribution in [0.3, 0.4) is 0 Å². The molecule has 126 valence electrons. The van der Waals surface area contributed by atoms with Crippen molar-refractivity contribution < 1.29 is 22.7 Å². The van der Waals surface area contributed by atoms with Crippen LogP contribution >= 0.6 is 0 Å². The lowest BCUT2D eigenvalue weighted by atomic mass is 10.1. The molecule has 0 radical (unpaired) electrons. The molecule has 2 aliphatic heterocycles. The number of nitrogens with one attached hydrogen (secondary N) is 1. The lowest BCUT2D eigenvalue weighted by Gasteiger charge is -2.31. The average Bonchev–Trinajstić information content (AvgIpc) is 3.03. The van der Waals surface area contributed by atoms with Gasteiger partial charge in [-0.25, -0.2) is 12.7 Å². The number of nitrogens with zero attached hydrogens (tertiary/aromatic N) is 1. The van der Waals surface area contributed by atoms with Crippen LogP contribution in [-0.2, 0) is 10.0 Å². The predicted molar refractivity (Wildman–Crippen MR) is 84.1 cm³/mol. The quantitative estimate of drug-likeness (QED) is 0.882. The highest BCUT2D eigenvalue weighted by Gasteiger charge is 2.27. The molecule has 1 saturated heterocycles. The van der Waals surface area contributed by atoms with Gasteiger partial charge in [0.2, 0.25) is 16.8 Å².